The number of hydrogen-bond acceptors (Lipinski definition) is 6. The predicted octanol–water partition coefficient (Wildman–Crippen LogP) is 3.42. The summed E-state index contributed by atoms with van der Waals surface area (Å²) in [6.07, 6.45) is 7.50. The quantitative estimate of drug-likeness (QED) is 0.663. The molecule has 0 aromatic carbocycles. The topological polar surface area (TPSA) is 107 Å². The molecule has 1 aliphatic heterocycles. The van der Waals surface area contributed by atoms with Gasteiger partial charge in [-0.3, -0.25) is 4.79 Å². The van der Waals surface area contributed by atoms with Crippen LogP contribution in [0.25, 0.3) is 22.5 Å². The van der Waals surface area contributed by atoms with E-state index in [0.717, 1.165) is 25.7 Å². The van der Waals surface area contributed by atoms with E-state index in [2.05, 4.69) is 10.4 Å². The third-order valence-electron chi connectivity index (χ3n) is 6.35. The van der Waals surface area contributed by atoms with Crippen molar-refractivity contribution in [2.45, 2.75) is 57.5 Å². The molecule has 1 N–H and O–H groups in total. The van der Waals surface area contributed by atoms with Crippen molar-refractivity contribution in [2.75, 3.05) is 11.5 Å². The average molecular weight is 443 g/mol. The molecular weight excluding hydrogens is 416 g/mol. The van der Waals surface area contributed by atoms with Gasteiger partial charge in [0.2, 0.25) is 0 Å². The first-order valence-corrected chi connectivity index (χ1v) is 12.7. The van der Waals surface area contributed by atoms with Crippen LogP contribution in [0.15, 0.2) is 28.9 Å². The maximum Gasteiger partial charge on any atom is 0.252 e. The fourth-order valence-electron chi connectivity index (χ4n) is 4.78. The summed E-state index contributed by atoms with van der Waals surface area (Å²) in [6, 6.07) is 5.21. The Bertz CT molecular complexity index is 1220. The van der Waals surface area contributed by atoms with Crippen LogP contribution in [0.2, 0.25) is 0 Å². The monoisotopic (exact) mass is 442 g/mol. The molecular formula is C22H26N4O4S. The van der Waals surface area contributed by atoms with Gasteiger partial charge < -0.3 is 9.73 Å². The minimum Gasteiger partial charge on any atom is -0.463 e. The summed E-state index contributed by atoms with van der Waals surface area (Å²) in [7, 11) is -3.09. The van der Waals surface area contributed by atoms with Crippen LogP contribution in [0.3, 0.4) is 0 Å². The first kappa shape index (κ1) is 20.2. The van der Waals surface area contributed by atoms with Crippen LogP contribution < -0.4 is 5.32 Å². The minimum atomic E-state index is -3.09. The number of sulfone groups is 1. The molecule has 1 atom stereocenters. The molecule has 1 unspecified atom stereocenters. The summed E-state index contributed by atoms with van der Waals surface area (Å²) in [5.41, 5.74) is 2.24. The van der Waals surface area contributed by atoms with Crippen molar-refractivity contribution in [3.63, 3.8) is 0 Å². The van der Waals surface area contributed by atoms with E-state index in [1.165, 1.54) is 6.42 Å². The van der Waals surface area contributed by atoms with E-state index in [-0.39, 0.29) is 29.5 Å². The fourth-order valence-corrected chi connectivity index (χ4v) is 6.47. The number of furan rings is 1. The van der Waals surface area contributed by atoms with Gasteiger partial charge in [-0.2, -0.15) is 5.10 Å². The minimum absolute atomic E-state index is 0.0412. The molecule has 9 heteroatoms. The molecule has 0 radical (unpaired) electrons. The van der Waals surface area contributed by atoms with E-state index >= 15 is 0 Å². The Kier molecular flexibility index (Phi) is 5.08. The van der Waals surface area contributed by atoms with E-state index in [9.17, 15) is 13.2 Å². The van der Waals surface area contributed by atoms with Gasteiger partial charge in [-0.1, -0.05) is 19.3 Å². The highest BCUT2D eigenvalue weighted by Crippen LogP contribution is 2.32. The van der Waals surface area contributed by atoms with Crippen LogP contribution in [-0.4, -0.2) is 46.6 Å². The van der Waals surface area contributed by atoms with Crippen molar-refractivity contribution in [1.29, 1.82) is 0 Å². The maximum absolute atomic E-state index is 13.3. The molecule has 1 aliphatic carbocycles. The van der Waals surface area contributed by atoms with Gasteiger partial charge in [0, 0.05) is 6.04 Å². The highest BCUT2D eigenvalue weighted by molar-refractivity contribution is 7.91. The molecule has 2 fully saturated rings. The third kappa shape index (κ3) is 3.86. The second-order valence-electron chi connectivity index (χ2n) is 8.63. The smallest absolute Gasteiger partial charge is 0.252 e. The normalized spacial score (nSPS) is 21.5. The van der Waals surface area contributed by atoms with Crippen LogP contribution in [0.1, 0.15) is 60.6 Å². The lowest BCUT2D eigenvalue weighted by Gasteiger charge is -2.23. The fraction of sp³-hybridized carbons (Fsp3) is 0.500. The highest BCUT2D eigenvalue weighted by atomic mass is 32.2. The van der Waals surface area contributed by atoms with Crippen LogP contribution in [0.5, 0.6) is 0 Å². The van der Waals surface area contributed by atoms with Crippen molar-refractivity contribution in [3.05, 3.63) is 35.7 Å². The Balaban J connectivity index is 1.62. The van der Waals surface area contributed by atoms with Gasteiger partial charge in [0.1, 0.15) is 5.69 Å². The summed E-state index contributed by atoms with van der Waals surface area (Å²) in [6.45, 7) is 1.84. The largest absolute Gasteiger partial charge is 0.463 e. The van der Waals surface area contributed by atoms with Crippen LogP contribution in [0.4, 0.5) is 0 Å². The lowest BCUT2D eigenvalue weighted by atomic mass is 9.95. The van der Waals surface area contributed by atoms with E-state index in [1.807, 2.05) is 6.92 Å². The zero-order valence-corrected chi connectivity index (χ0v) is 18.3. The average Bonchev–Trinajstić information content (AvgIpc) is 3.47. The van der Waals surface area contributed by atoms with Gasteiger partial charge in [-0.15, -0.1) is 0 Å². The zero-order chi connectivity index (χ0) is 21.6. The van der Waals surface area contributed by atoms with Crippen LogP contribution >= 0.6 is 0 Å². The molecule has 164 valence electrons. The van der Waals surface area contributed by atoms with Crippen molar-refractivity contribution in [3.8, 4) is 11.5 Å². The molecule has 2 aliphatic rings. The molecule has 0 spiro atoms. The molecule has 31 heavy (non-hydrogen) atoms. The predicted molar refractivity (Wildman–Crippen MR) is 117 cm³/mol. The standard InChI is InChI=1S/C22H26N4O4S/c1-14-20-17(22(27)23-15-6-3-2-4-7-15)12-18(19-8-5-10-30-19)24-21(20)26(25-14)16-9-11-31(28,29)13-16/h5,8,10,12,15-16H,2-4,6-7,9,11,13H2,1H3,(H,23,27). The van der Waals surface area contributed by atoms with Gasteiger partial charge in [0.05, 0.1) is 40.5 Å². The number of rotatable bonds is 4. The van der Waals surface area contributed by atoms with E-state index in [4.69, 9.17) is 9.40 Å². The first-order valence-electron chi connectivity index (χ1n) is 10.9. The molecule has 0 bridgehead atoms. The Morgan fingerprint density at radius 1 is 1.23 bits per heavy atom. The summed E-state index contributed by atoms with van der Waals surface area (Å²) in [5.74, 6) is 0.594. The van der Waals surface area contributed by atoms with Gasteiger partial charge in [-0.25, -0.2) is 18.1 Å². The number of fused-ring (bicyclic) bond motifs is 1. The lowest BCUT2D eigenvalue weighted by Crippen LogP contribution is -2.36. The van der Waals surface area contributed by atoms with Crippen molar-refractivity contribution >= 4 is 26.8 Å². The molecule has 3 aromatic rings. The number of hydrogen-bond donors (Lipinski definition) is 1. The van der Waals surface area contributed by atoms with E-state index in [0.29, 0.717) is 40.2 Å². The van der Waals surface area contributed by atoms with Gasteiger partial charge in [0.25, 0.3) is 5.91 Å². The zero-order valence-electron chi connectivity index (χ0n) is 17.5. The van der Waals surface area contributed by atoms with E-state index < -0.39 is 9.84 Å². The first-order chi connectivity index (χ1) is 14.9. The second kappa shape index (κ2) is 7.78. The number of nitrogens with zero attached hydrogens (tertiary/aromatic N) is 3. The van der Waals surface area contributed by atoms with Crippen LogP contribution in [0, 0.1) is 6.92 Å². The molecule has 5 rings (SSSR count). The Morgan fingerprint density at radius 2 is 2.03 bits per heavy atom. The highest BCUT2D eigenvalue weighted by Gasteiger charge is 2.33. The van der Waals surface area contributed by atoms with Crippen molar-refractivity contribution in [1.82, 2.24) is 20.1 Å². The number of amides is 1. The van der Waals surface area contributed by atoms with Crippen molar-refractivity contribution < 1.29 is 17.6 Å². The second-order valence-corrected chi connectivity index (χ2v) is 10.9. The van der Waals surface area contributed by atoms with Gasteiger partial charge in [0.15, 0.2) is 21.2 Å². The Morgan fingerprint density at radius 3 is 2.71 bits per heavy atom. The van der Waals surface area contributed by atoms with Gasteiger partial charge >= 0.3 is 0 Å². The number of nitrogens with one attached hydrogen (secondary N) is 1. The molecule has 4 heterocycles. The number of aryl methyl sites for hydroxylation is 1. The SMILES string of the molecule is Cc1nn(C2CCS(=O)(=O)C2)c2nc(-c3ccco3)cc(C(=O)NC3CCCCC3)c12. The van der Waals surface area contributed by atoms with Crippen molar-refractivity contribution in [2.24, 2.45) is 0 Å². The molecule has 8 nitrogen and oxygen atoms in total. The number of carbonyl (C=O) groups is 1. The molecule has 1 saturated heterocycles. The molecule has 1 amide bonds. The summed E-state index contributed by atoms with van der Waals surface area (Å²) < 4.78 is 31.4. The van der Waals surface area contributed by atoms with Crippen LogP contribution in [-0.2, 0) is 9.84 Å². The summed E-state index contributed by atoms with van der Waals surface area (Å²) in [4.78, 5) is 18.1. The number of aromatic nitrogens is 3. The maximum atomic E-state index is 13.3. The summed E-state index contributed by atoms with van der Waals surface area (Å²) >= 11 is 0. The Labute approximate surface area is 180 Å². The summed E-state index contributed by atoms with van der Waals surface area (Å²) in [5, 5.41) is 8.49. The number of carbonyl (C=O) groups excluding carboxylic acids is 1. The molecule has 1 saturated carbocycles. The molecule has 3 aromatic heterocycles. The third-order valence-corrected chi connectivity index (χ3v) is 8.10. The van der Waals surface area contributed by atoms with E-state index in [1.54, 1.807) is 29.1 Å². The number of pyridine rings is 1. The Hall–Kier alpha value is -2.68. The lowest BCUT2D eigenvalue weighted by molar-refractivity contribution is 0.0929. The van der Waals surface area contributed by atoms with Gasteiger partial charge in [-0.05, 0) is 44.4 Å².